The third-order valence-corrected chi connectivity index (χ3v) is 5.85. The first-order valence-electron chi connectivity index (χ1n) is 10.5. The molecule has 0 spiro atoms. The molecular weight excluding hydrogens is 485 g/mol. The zero-order valence-corrected chi connectivity index (χ0v) is 20.0. The van der Waals surface area contributed by atoms with Gasteiger partial charge in [0.05, 0.1) is 42.0 Å². The molecular formula is C24H22ClF3N4O3. The summed E-state index contributed by atoms with van der Waals surface area (Å²) in [6, 6.07) is 6.87. The Labute approximate surface area is 204 Å². The number of benzene rings is 1. The van der Waals surface area contributed by atoms with Crippen LogP contribution in [0.1, 0.15) is 36.4 Å². The molecule has 0 fully saturated rings. The highest BCUT2D eigenvalue weighted by molar-refractivity contribution is 6.37. The Morgan fingerprint density at radius 1 is 1.09 bits per heavy atom. The number of alkyl halides is 3. The van der Waals surface area contributed by atoms with Crippen molar-refractivity contribution in [2.45, 2.75) is 31.7 Å². The van der Waals surface area contributed by atoms with Crippen LogP contribution in [0.4, 0.5) is 13.2 Å². The third-order valence-electron chi connectivity index (χ3n) is 5.47. The van der Waals surface area contributed by atoms with E-state index in [9.17, 15) is 18.3 Å². The monoisotopic (exact) mass is 506 g/mol. The van der Waals surface area contributed by atoms with Crippen LogP contribution in [-0.2, 0) is 18.8 Å². The average Bonchev–Trinajstić information content (AvgIpc) is 3.25. The second-order valence-electron chi connectivity index (χ2n) is 8.19. The molecule has 1 N–H and O–H groups in total. The van der Waals surface area contributed by atoms with E-state index in [0.29, 0.717) is 22.2 Å². The van der Waals surface area contributed by atoms with E-state index in [2.05, 4.69) is 15.0 Å². The van der Waals surface area contributed by atoms with Crippen molar-refractivity contribution in [1.82, 2.24) is 19.5 Å². The molecule has 0 aliphatic carbocycles. The second kappa shape index (κ2) is 9.01. The van der Waals surface area contributed by atoms with Crippen LogP contribution in [0.2, 0.25) is 5.02 Å². The van der Waals surface area contributed by atoms with Crippen LogP contribution < -0.4 is 9.47 Å². The number of aromatic nitrogens is 4. The minimum Gasteiger partial charge on any atom is -0.484 e. The molecule has 0 aliphatic rings. The summed E-state index contributed by atoms with van der Waals surface area (Å²) in [6.45, 7) is 3.66. The molecule has 1 aromatic carbocycles. The fourth-order valence-corrected chi connectivity index (χ4v) is 4.11. The van der Waals surface area contributed by atoms with Gasteiger partial charge in [0.25, 0.3) is 5.88 Å². The molecule has 0 saturated carbocycles. The van der Waals surface area contributed by atoms with Gasteiger partial charge in [-0.3, -0.25) is 4.98 Å². The van der Waals surface area contributed by atoms with Crippen LogP contribution in [0.3, 0.4) is 0 Å². The number of methoxy groups -OCH3 is 1. The topological polar surface area (TPSA) is 82.3 Å². The van der Waals surface area contributed by atoms with Crippen molar-refractivity contribution in [2.24, 2.45) is 7.05 Å². The summed E-state index contributed by atoms with van der Waals surface area (Å²) in [5, 5.41) is 12.7. The zero-order chi connectivity index (χ0) is 25.5. The van der Waals surface area contributed by atoms with Gasteiger partial charge >= 0.3 is 6.18 Å². The number of halogens is 4. The minimum atomic E-state index is -4.61. The molecule has 0 amide bonds. The van der Waals surface area contributed by atoms with Gasteiger partial charge < -0.3 is 19.1 Å². The van der Waals surface area contributed by atoms with Crippen LogP contribution in [-0.4, -0.2) is 37.8 Å². The number of aryl methyl sites for hydroxylation is 1. The first-order valence-corrected chi connectivity index (χ1v) is 10.9. The summed E-state index contributed by atoms with van der Waals surface area (Å²) in [7, 11) is 3.12. The fourth-order valence-electron chi connectivity index (χ4n) is 3.83. The highest BCUT2D eigenvalue weighted by Gasteiger charge is 2.39. The maximum atomic E-state index is 13.1. The summed E-state index contributed by atoms with van der Waals surface area (Å²) in [5.74, 6) is 0.451. The maximum absolute atomic E-state index is 13.1. The third kappa shape index (κ3) is 4.39. The number of fused-ring (bicyclic) bond motifs is 1. The van der Waals surface area contributed by atoms with Gasteiger partial charge in [-0.2, -0.15) is 13.2 Å². The number of imidazole rings is 1. The summed E-state index contributed by atoms with van der Waals surface area (Å²) in [5.41, 5.74) is -1.75. The van der Waals surface area contributed by atoms with Crippen molar-refractivity contribution < 1.29 is 27.8 Å². The van der Waals surface area contributed by atoms with E-state index >= 15 is 0 Å². The highest BCUT2D eigenvalue weighted by Crippen LogP contribution is 2.43. The van der Waals surface area contributed by atoms with E-state index in [0.717, 1.165) is 12.3 Å². The molecule has 184 valence electrons. The Bertz CT molecular complexity index is 1370. The molecule has 11 heteroatoms. The number of nitrogens with zero attached hydrogens (tertiary/aromatic N) is 4. The van der Waals surface area contributed by atoms with Gasteiger partial charge in [-0.1, -0.05) is 23.7 Å². The smallest absolute Gasteiger partial charge is 0.433 e. The summed E-state index contributed by atoms with van der Waals surface area (Å²) in [6.07, 6.45) is -0.915. The maximum Gasteiger partial charge on any atom is 0.433 e. The van der Waals surface area contributed by atoms with E-state index < -0.39 is 17.5 Å². The van der Waals surface area contributed by atoms with Gasteiger partial charge in [-0.25, -0.2) is 9.97 Å². The summed E-state index contributed by atoms with van der Waals surface area (Å²) < 4.78 is 52.0. The summed E-state index contributed by atoms with van der Waals surface area (Å²) >= 11 is 6.68. The van der Waals surface area contributed by atoms with E-state index in [-0.39, 0.29) is 28.3 Å². The lowest BCUT2D eigenvalue weighted by molar-refractivity contribution is -0.141. The van der Waals surface area contributed by atoms with Gasteiger partial charge in [-0.05, 0) is 37.6 Å². The van der Waals surface area contributed by atoms with Crippen molar-refractivity contribution in [3.8, 4) is 11.6 Å². The van der Waals surface area contributed by atoms with Crippen LogP contribution in [0, 0.1) is 0 Å². The molecule has 4 rings (SSSR count). The van der Waals surface area contributed by atoms with E-state index in [1.54, 1.807) is 29.8 Å². The Balaban J connectivity index is 1.96. The number of rotatable bonds is 6. The SMILES string of the molecule is COc1nc2ccc(C(O)(c3ccc(C(F)(F)F)nc3)c3cncn3C)cc2c(Cl)c1OC(C)C. The van der Waals surface area contributed by atoms with Gasteiger partial charge in [0.15, 0.2) is 5.60 Å². The first-order chi connectivity index (χ1) is 16.5. The van der Waals surface area contributed by atoms with Crippen LogP contribution in [0.15, 0.2) is 49.1 Å². The Morgan fingerprint density at radius 3 is 2.34 bits per heavy atom. The Hall–Kier alpha value is -3.37. The van der Waals surface area contributed by atoms with E-state index in [1.807, 2.05) is 13.8 Å². The second-order valence-corrected chi connectivity index (χ2v) is 8.57. The van der Waals surface area contributed by atoms with Gasteiger partial charge in [0.2, 0.25) is 5.75 Å². The number of ether oxygens (including phenoxy) is 2. The van der Waals surface area contributed by atoms with Crippen molar-refractivity contribution in [3.63, 3.8) is 0 Å². The minimum absolute atomic E-state index is 0.115. The van der Waals surface area contributed by atoms with Crippen molar-refractivity contribution in [1.29, 1.82) is 0 Å². The molecule has 7 nitrogen and oxygen atoms in total. The van der Waals surface area contributed by atoms with Crippen molar-refractivity contribution in [2.75, 3.05) is 7.11 Å². The molecule has 4 aromatic rings. The zero-order valence-electron chi connectivity index (χ0n) is 19.3. The molecule has 0 bridgehead atoms. The lowest BCUT2D eigenvalue weighted by atomic mass is 9.83. The predicted octanol–water partition coefficient (Wildman–Crippen LogP) is 5.12. The number of hydrogen-bond acceptors (Lipinski definition) is 6. The largest absolute Gasteiger partial charge is 0.484 e. The molecule has 0 radical (unpaired) electrons. The standard InChI is InChI=1S/C24H22ClF3N4O3/c1-13(2)35-21-20(25)16-9-14(5-7-17(16)31-22(21)34-4)23(33,19-11-29-12-32(19)3)15-6-8-18(30-10-15)24(26,27)28/h5-13,33H,1-4H3. The van der Waals surface area contributed by atoms with Crippen molar-refractivity contribution >= 4 is 22.5 Å². The molecule has 1 unspecified atom stereocenters. The molecule has 1 atom stereocenters. The van der Waals surface area contributed by atoms with Crippen LogP contribution in [0.25, 0.3) is 10.9 Å². The predicted molar refractivity (Wildman–Crippen MR) is 124 cm³/mol. The number of pyridine rings is 2. The van der Waals surface area contributed by atoms with Gasteiger partial charge in [0.1, 0.15) is 5.69 Å². The van der Waals surface area contributed by atoms with Crippen LogP contribution in [0.5, 0.6) is 11.6 Å². The number of aliphatic hydroxyl groups is 1. The lowest BCUT2D eigenvalue weighted by Gasteiger charge is -2.30. The number of hydrogen-bond donors (Lipinski definition) is 1. The Morgan fingerprint density at radius 2 is 1.80 bits per heavy atom. The molecule has 35 heavy (non-hydrogen) atoms. The van der Waals surface area contributed by atoms with Crippen LogP contribution >= 0.6 is 11.6 Å². The van der Waals surface area contributed by atoms with E-state index in [1.165, 1.54) is 25.7 Å². The molecule has 3 heterocycles. The molecule has 0 saturated heterocycles. The molecule has 3 aromatic heterocycles. The van der Waals surface area contributed by atoms with Gasteiger partial charge in [0, 0.05) is 24.2 Å². The Kier molecular flexibility index (Phi) is 6.37. The first kappa shape index (κ1) is 24.7. The molecule has 0 aliphatic heterocycles. The summed E-state index contributed by atoms with van der Waals surface area (Å²) in [4.78, 5) is 12.1. The fraction of sp³-hybridized carbons (Fsp3) is 0.292. The quantitative estimate of drug-likeness (QED) is 0.391. The van der Waals surface area contributed by atoms with Crippen molar-refractivity contribution in [3.05, 3.63) is 76.6 Å². The lowest BCUT2D eigenvalue weighted by Crippen LogP contribution is -2.31. The normalized spacial score (nSPS) is 13.8. The van der Waals surface area contributed by atoms with E-state index in [4.69, 9.17) is 21.1 Å². The van der Waals surface area contributed by atoms with Gasteiger partial charge in [-0.15, -0.1) is 0 Å². The highest BCUT2D eigenvalue weighted by atomic mass is 35.5. The average molecular weight is 507 g/mol.